The van der Waals surface area contributed by atoms with Crippen molar-refractivity contribution in [1.29, 1.82) is 0 Å². The summed E-state index contributed by atoms with van der Waals surface area (Å²) in [4.78, 5) is 30.7. The molecule has 1 aromatic carbocycles. The SMILES string of the molecule is Cc1cc(N2CCC(c3cc(C(=O)N(C)CCO)c4ccccc4n3)C2)nc(C)n1. The summed E-state index contributed by atoms with van der Waals surface area (Å²) in [5.74, 6) is 1.85. The van der Waals surface area contributed by atoms with Gasteiger partial charge in [0.2, 0.25) is 0 Å². The molecule has 1 aliphatic heterocycles. The summed E-state index contributed by atoms with van der Waals surface area (Å²) >= 11 is 0. The molecule has 1 amide bonds. The van der Waals surface area contributed by atoms with Gasteiger partial charge < -0.3 is 14.9 Å². The van der Waals surface area contributed by atoms with Crippen LogP contribution in [0.5, 0.6) is 0 Å². The van der Waals surface area contributed by atoms with E-state index in [4.69, 9.17) is 4.98 Å². The average Bonchev–Trinajstić information content (AvgIpc) is 3.22. The van der Waals surface area contributed by atoms with Crippen molar-refractivity contribution in [3.05, 3.63) is 59.2 Å². The van der Waals surface area contributed by atoms with Gasteiger partial charge in [0.15, 0.2) is 0 Å². The molecule has 1 N–H and O–H groups in total. The zero-order chi connectivity index (χ0) is 21.3. The third-order valence-corrected chi connectivity index (χ3v) is 5.63. The monoisotopic (exact) mass is 405 g/mol. The van der Waals surface area contributed by atoms with Crippen LogP contribution in [0.25, 0.3) is 10.9 Å². The van der Waals surface area contributed by atoms with Crippen molar-refractivity contribution in [2.45, 2.75) is 26.2 Å². The smallest absolute Gasteiger partial charge is 0.254 e. The molecule has 1 aliphatic rings. The molecule has 30 heavy (non-hydrogen) atoms. The number of fused-ring (bicyclic) bond motifs is 1. The minimum atomic E-state index is -0.0965. The summed E-state index contributed by atoms with van der Waals surface area (Å²) in [5.41, 5.74) is 3.35. The number of pyridine rings is 1. The van der Waals surface area contributed by atoms with E-state index in [1.54, 1.807) is 11.9 Å². The lowest BCUT2D eigenvalue weighted by molar-refractivity contribution is 0.0768. The Labute approximate surface area is 176 Å². The van der Waals surface area contributed by atoms with Crippen LogP contribution in [0.4, 0.5) is 5.82 Å². The van der Waals surface area contributed by atoms with Crippen molar-refractivity contribution in [3.8, 4) is 0 Å². The molecular formula is C23H27N5O2. The van der Waals surface area contributed by atoms with Crippen molar-refractivity contribution in [2.24, 2.45) is 0 Å². The highest BCUT2D eigenvalue weighted by molar-refractivity contribution is 6.06. The van der Waals surface area contributed by atoms with E-state index in [0.717, 1.165) is 53.4 Å². The van der Waals surface area contributed by atoms with E-state index in [0.29, 0.717) is 12.1 Å². The molecule has 7 heteroatoms. The molecule has 4 rings (SSSR count). The molecule has 0 radical (unpaired) electrons. The number of carbonyl (C=O) groups is 1. The number of para-hydroxylation sites is 1. The van der Waals surface area contributed by atoms with Gasteiger partial charge >= 0.3 is 0 Å². The highest BCUT2D eigenvalue weighted by Gasteiger charge is 2.28. The first-order valence-electron chi connectivity index (χ1n) is 10.3. The lowest BCUT2D eigenvalue weighted by Crippen LogP contribution is -2.30. The summed E-state index contributed by atoms with van der Waals surface area (Å²) in [5, 5.41) is 10.1. The van der Waals surface area contributed by atoms with Gasteiger partial charge in [0, 0.05) is 55.4 Å². The van der Waals surface area contributed by atoms with Gasteiger partial charge in [0.25, 0.3) is 5.91 Å². The molecule has 2 aromatic heterocycles. The summed E-state index contributed by atoms with van der Waals surface area (Å²) in [6.45, 7) is 5.83. The van der Waals surface area contributed by atoms with Crippen LogP contribution in [0.15, 0.2) is 36.4 Å². The van der Waals surface area contributed by atoms with Crippen LogP contribution in [0.1, 0.15) is 39.9 Å². The highest BCUT2D eigenvalue weighted by atomic mass is 16.3. The van der Waals surface area contributed by atoms with Gasteiger partial charge in [-0.15, -0.1) is 0 Å². The van der Waals surface area contributed by atoms with Crippen LogP contribution < -0.4 is 4.90 Å². The summed E-state index contributed by atoms with van der Waals surface area (Å²) in [6.07, 6.45) is 0.952. The Balaban J connectivity index is 1.67. The van der Waals surface area contributed by atoms with E-state index in [9.17, 15) is 9.90 Å². The topological polar surface area (TPSA) is 82.5 Å². The number of carbonyl (C=O) groups excluding carboxylic acids is 1. The Bertz CT molecular complexity index is 1060. The molecule has 1 saturated heterocycles. The van der Waals surface area contributed by atoms with Gasteiger partial charge in [-0.1, -0.05) is 18.2 Å². The maximum Gasteiger partial charge on any atom is 0.254 e. The van der Waals surface area contributed by atoms with Gasteiger partial charge in [-0.3, -0.25) is 9.78 Å². The van der Waals surface area contributed by atoms with Crippen LogP contribution in [-0.2, 0) is 0 Å². The van der Waals surface area contributed by atoms with Crippen molar-refractivity contribution in [3.63, 3.8) is 0 Å². The van der Waals surface area contributed by atoms with E-state index in [1.807, 2.05) is 50.2 Å². The number of benzene rings is 1. The van der Waals surface area contributed by atoms with Gasteiger partial charge in [0.05, 0.1) is 17.7 Å². The van der Waals surface area contributed by atoms with Crippen LogP contribution in [0.2, 0.25) is 0 Å². The second-order valence-electron chi connectivity index (χ2n) is 7.91. The number of amides is 1. The van der Waals surface area contributed by atoms with Crippen LogP contribution in [0, 0.1) is 13.8 Å². The minimum absolute atomic E-state index is 0.0620. The van der Waals surface area contributed by atoms with Crippen molar-refractivity contribution in [1.82, 2.24) is 19.9 Å². The van der Waals surface area contributed by atoms with Crippen molar-refractivity contribution in [2.75, 3.05) is 38.2 Å². The second kappa shape index (κ2) is 8.36. The number of likely N-dealkylation sites (N-methyl/N-ethyl adjacent to an activating group) is 1. The number of aryl methyl sites for hydroxylation is 2. The van der Waals surface area contributed by atoms with Gasteiger partial charge in [0.1, 0.15) is 11.6 Å². The van der Waals surface area contributed by atoms with Gasteiger partial charge in [-0.2, -0.15) is 0 Å². The molecule has 3 aromatic rings. The number of aliphatic hydroxyl groups is 1. The van der Waals surface area contributed by atoms with Crippen molar-refractivity contribution >= 4 is 22.6 Å². The predicted octanol–water partition coefficient (Wildman–Crippen LogP) is 2.70. The molecule has 1 unspecified atom stereocenters. The maximum absolute atomic E-state index is 13.0. The second-order valence-corrected chi connectivity index (χ2v) is 7.91. The molecule has 156 valence electrons. The number of rotatable bonds is 5. The van der Waals surface area contributed by atoms with E-state index in [2.05, 4.69) is 14.9 Å². The number of nitrogens with zero attached hydrogens (tertiary/aromatic N) is 5. The van der Waals surface area contributed by atoms with Gasteiger partial charge in [-0.05, 0) is 32.4 Å². The third kappa shape index (κ3) is 3.98. The van der Waals surface area contributed by atoms with Crippen LogP contribution in [0.3, 0.4) is 0 Å². The molecule has 1 fully saturated rings. The maximum atomic E-state index is 13.0. The Hall–Kier alpha value is -3.06. The molecule has 0 aliphatic carbocycles. The zero-order valence-corrected chi connectivity index (χ0v) is 17.7. The number of hydrogen-bond donors (Lipinski definition) is 1. The average molecular weight is 406 g/mol. The molecule has 0 saturated carbocycles. The minimum Gasteiger partial charge on any atom is -0.395 e. The Kier molecular flexibility index (Phi) is 5.63. The highest BCUT2D eigenvalue weighted by Crippen LogP contribution is 2.31. The molecule has 1 atom stereocenters. The van der Waals surface area contributed by atoms with Crippen LogP contribution >= 0.6 is 0 Å². The first kappa shape index (κ1) is 20.2. The quantitative estimate of drug-likeness (QED) is 0.703. The fraction of sp³-hybridized carbons (Fsp3) is 0.391. The summed E-state index contributed by atoms with van der Waals surface area (Å²) < 4.78 is 0. The van der Waals surface area contributed by atoms with Crippen molar-refractivity contribution < 1.29 is 9.90 Å². The lowest BCUT2D eigenvalue weighted by atomic mass is 9.99. The molecule has 0 spiro atoms. The molecule has 0 bridgehead atoms. The largest absolute Gasteiger partial charge is 0.395 e. The lowest BCUT2D eigenvalue weighted by Gasteiger charge is -2.20. The Morgan fingerprint density at radius 2 is 2.00 bits per heavy atom. The molecular weight excluding hydrogens is 378 g/mol. The Morgan fingerprint density at radius 1 is 1.20 bits per heavy atom. The fourth-order valence-electron chi connectivity index (χ4n) is 4.11. The number of anilines is 1. The summed E-state index contributed by atoms with van der Waals surface area (Å²) in [7, 11) is 1.71. The van der Waals surface area contributed by atoms with E-state index < -0.39 is 0 Å². The first-order chi connectivity index (χ1) is 14.5. The third-order valence-electron chi connectivity index (χ3n) is 5.63. The predicted molar refractivity (Wildman–Crippen MR) is 117 cm³/mol. The number of aromatic nitrogens is 3. The normalized spacial score (nSPS) is 16.3. The van der Waals surface area contributed by atoms with E-state index in [1.165, 1.54) is 0 Å². The van der Waals surface area contributed by atoms with E-state index in [-0.39, 0.29) is 18.4 Å². The van der Waals surface area contributed by atoms with Crippen LogP contribution in [-0.4, -0.2) is 64.2 Å². The first-order valence-corrected chi connectivity index (χ1v) is 10.3. The Morgan fingerprint density at radius 3 is 2.77 bits per heavy atom. The number of hydrogen-bond acceptors (Lipinski definition) is 6. The molecule has 3 heterocycles. The number of aliphatic hydroxyl groups excluding tert-OH is 1. The van der Waals surface area contributed by atoms with Gasteiger partial charge in [-0.25, -0.2) is 9.97 Å². The molecule has 7 nitrogen and oxygen atoms in total. The standard InChI is InChI=1S/C23H27N5O2/c1-15-12-22(25-16(2)24-15)28-9-8-17(14-28)21-13-19(23(30)27(3)10-11-29)18-6-4-5-7-20(18)26-21/h4-7,12-13,17,29H,8-11,14H2,1-3H3. The fourth-order valence-corrected chi connectivity index (χ4v) is 4.11. The summed E-state index contributed by atoms with van der Waals surface area (Å²) in [6, 6.07) is 11.7. The zero-order valence-electron chi connectivity index (χ0n) is 17.7. The van der Waals surface area contributed by atoms with E-state index >= 15 is 0 Å².